The summed E-state index contributed by atoms with van der Waals surface area (Å²) < 4.78 is 7.54. The smallest absolute Gasteiger partial charge is 0.223 e. The molecule has 0 aliphatic carbocycles. The molecule has 2 aromatic rings. The van der Waals surface area contributed by atoms with Crippen LogP contribution in [0, 0.1) is 6.92 Å². The Bertz CT molecular complexity index is 714. The van der Waals surface area contributed by atoms with Crippen LogP contribution in [-0.4, -0.2) is 21.7 Å². The summed E-state index contributed by atoms with van der Waals surface area (Å²) in [6, 6.07) is 7.23. The minimum Gasteiger partial charge on any atom is -0.487 e. The molecule has 0 radical (unpaired) electrons. The summed E-state index contributed by atoms with van der Waals surface area (Å²) in [6.07, 6.45) is 1.91. The van der Waals surface area contributed by atoms with Gasteiger partial charge in [0.2, 0.25) is 5.96 Å². The molecular weight excluding hydrogens is 282 g/mol. The second kappa shape index (κ2) is 6.61. The van der Waals surface area contributed by atoms with Gasteiger partial charge >= 0.3 is 0 Å². The third-order valence-electron chi connectivity index (χ3n) is 2.84. The van der Waals surface area contributed by atoms with Gasteiger partial charge in [-0.3, -0.25) is 4.68 Å². The molecule has 116 valence electrons. The molecule has 0 unspecified atom stereocenters. The van der Waals surface area contributed by atoms with Crippen LogP contribution in [0.1, 0.15) is 11.3 Å². The molecule has 1 aromatic heterocycles. The highest BCUT2D eigenvalue weighted by Crippen LogP contribution is 2.27. The molecule has 0 saturated carbocycles. The van der Waals surface area contributed by atoms with Gasteiger partial charge < -0.3 is 21.9 Å². The fourth-order valence-corrected chi connectivity index (χ4v) is 1.90. The molecule has 0 atom stereocenters. The van der Waals surface area contributed by atoms with E-state index in [4.69, 9.17) is 21.9 Å². The highest BCUT2D eigenvalue weighted by molar-refractivity contribution is 5.93. The van der Waals surface area contributed by atoms with E-state index in [2.05, 4.69) is 15.1 Å². The van der Waals surface area contributed by atoms with Gasteiger partial charge in [0.1, 0.15) is 18.0 Å². The lowest BCUT2D eigenvalue weighted by Crippen LogP contribution is -2.26. The Morgan fingerprint density at radius 2 is 2.00 bits per heavy atom. The average Bonchev–Trinajstić information content (AvgIpc) is 2.75. The number of rotatable bonds is 4. The molecule has 1 aromatic carbocycles. The monoisotopic (exact) mass is 301 g/mol. The number of benzene rings is 1. The predicted octanol–water partition coefficient (Wildman–Crippen LogP) is 0.527. The van der Waals surface area contributed by atoms with Crippen molar-refractivity contribution in [3.05, 3.63) is 41.7 Å². The number of hydrogen-bond acceptors (Lipinski definition) is 3. The number of aliphatic imine (C=N–C) groups is 2. The summed E-state index contributed by atoms with van der Waals surface area (Å²) in [4.78, 5) is 7.82. The van der Waals surface area contributed by atoms with Crippen LogP contribution in [0.3, 0.4) is 0 Å². The van der Waals surface area contributed by atoms with Crippen molar-refractivity contribution in [3.63, 3.8) is 0 Å². The molecule has 2 rings (SSSR count). The third kappa shape index (κ3) is 3.98. The van der Waals surface area contributed by atoms with Crippen LogP contribution in [0.15, 0.2) is 40.4 Å². The minimum absolute atomic E-state index is 0.0337. The standard InChI is InChI=1S/C14H19N7O/c1-9-10(7-21(2)20-9)8-22-12-6-4-3-5-11(12)18-14(17)19-13(15)16/h3-7H,8H2,1-2H3,(H6,15,16,17,18,19). The Kier molecular flexibility index (Phi) is 4.62. The SMILES string of the molecule is Cc1nn(C)cc1COc1ccccc1N=C(N)N=C(N)N. The van der Waals surface area contributed by atoms with Crippen LogP contribution in [0.5, 0.6) is 5.75 Å². The van der Waals surface area contributed by atoms with Crippen molar-refractivity contribution in [2.45, 2.75) is 13.5 Å². The molecular formula is C14H19N7O. The van der Waals surface area contributed by atoms with E-state index in [1.807, 2.05) is 32.3 Å². The molecule has 0 fully saturated rings. The van der Waals surface area contributed by atoms with Crippen molar-refractivity contribution in [2.24, 2.45) is 34.2 Å². The summed E-state index contributed by atoms with van der Waals surface area (Å²) in [6.45, 7) is 2.31. The summed E-state index contributed by atoms with van der Waals surface area (Å²) in [7, 11) is 1.87. The molecule has 6 N–H and O–H groups in total. The highest BCUT2D eigenvalue weighted by atomic mass is 16.5. The zero-order valence-corrected chi connectivity index (χ0v) is 12.5. The Balaban J connectivity index is 2.18. The Hall–Kier alpha value is -3.03. The molecule has 0 aliphatic heterocycles. The Labute approximate surface area is 128 Å². The lowest BCUT2D eigenvalue weighted by Gasteiger charge is -2.08. The van der Waals surface area contributed by atoms with Crippen molar-refractivity contribution in [1.82, 2.24) is 9.78 Å². The first-order valence-electron chi connectivity index (χ1n) is 6.60. The molecule has 0 saturated heterocycles. The zero-order chi connectivity index (χ0) is 16.1. The molecule has 0 bridgehead atoms. The lowest BCUT2D eigenvalue weighted by molar-refractivity contribution is 0.306. The van der Waals surface area contributed by atoms with Gasteiger partial charge in [-0.2, -0.15) is 10.1 Å². The Morgan fingerprint density at radius 1 is 1.27 bits per heavy atom. The fraction of sp³-hybridized carbons (Fsp3) is 0.214. The van der Waals surface area contributed by atoms with E-state index in [0.717, 1.165) is 11.3 Å². The van der Waals surface area contributed by atoms with E-state index in [0.29, 0.717) is 18.0 Å². The summed E-state index contributed by atoms with van der Waals surface area (Å²) in [5.74, 6) is 0.402. The van der Waals surface area contributed by atoms with Gasteiger partial charge in [-0.1, -0.05) is 12.1 Å². The van der Waals surface area contributed by atoms with Crippen molar-refractivity contribution < 1.29 is 4.74 Å². The van der Waals surface area contributed by atoms with Crippen molar-refractivity contribution in [3.8, 4) is 5.75 Å². The van der Waals surface area contributed by atoms with Gasteiger partial charge in [0.25, 0.3) is 0 Å². The Morgan fingerprint density at radius 3 is 2.64 bits per heavy atom. The van der Waals surface area contributed by atoms with Gasteiger partial charge in [0.05, 0.1) is 5.69 Å². The maximum absolute atomic E-state index is 5.80. The molecule has 0 aliphatic rings. The molecule has 8 nitrogen and oxygen atoms in total. The first kappa shape index (κ1) is 15.4. The number of hydrogen-bond donors (Lipinski definition) is 3. The third-order valence-corrected chi connectivity index (χ3v) is 2.84. The van der Waals surface area contributed by atoms with Gasteiger partial charge in [-0.15, -0.1) is 0 Å². The van der Waals surface area contributed by atoms with E-state index >= 15 is 0 Å². The summed E-state index contributed by atoms with van der Waals surface area (Å²) in [5.41, 5.74) is 18.6. The van der Waals surface area contributed by atoms with E-state index in [9.17, 15) is 0 Å². The van der Waals surface area contributed by atoms with E-state index in [1.54, 1.807) is 16.8 Å². The molecule has 0 spiro atoms. The maximum Gasteiger partial charge on any atom is 0.223 e. The fourth-order valence-electron chi connectivity index (χ4n) is 1.90. The number of ether oxygens (including phenoxy) is 1. The summed E-state index contributed by atoms with van der Waals surface area (Å²) in [5, 5.41) is 4.27. The molecule has 8 heteroatoms. The van der Waals surface area contributed by atoms with Gasteiger partial charge in [-0.25, -0.2) is 4.99 Å². The second-order valence-corrected chi connectivity index (χ2v) is 4.68. The van der Waals surface area contributed by atoms with E-state index in [1.165, 1.54) is 0 Å². The predicted molar refractivity (Wildman–Crippen MR) is 85.8 cm³/mol. The maximum atomic E-state index is 5.80. The normalized spacial score (nSPS) is 11.3. The van der Waals surface area contributed by atoms with Crippen molar-refractivity contribution >= 4 is 17.6 Å². The van der Waals surface area contributed by atoms with Crippen LogP contribution < -0.4 is 21.9 Å². The number of nitrogens with zero attached hydrogens (tertiary/aromatic N) is 4. The lowest BCUT2D eigenvalue weighted by atomic mass is 10.2. The number of aryl methyl sites for hydroxylation is 2. The first-order valence-corrected chi connectivity index (χ1v) is 6.60. The molecule has 1 heterocycles. The van der Waals surface area contributed by atoms with Gasteiger partial charge in [0.15, 0.2) is 5.96 Å². The molecule has 0 amide bonds. The van der Waals surface area contributed by atoms with Crippen molar-refractivity contribution in [1.29, 1.82) is 0 Å². The van der Waals surface area contributed by atoms with Crippen LogP contribution in [0.4, 0.5) is 5.69 Å². The van der Waals surface area contributed by atoms with Gasteiger partial charge in [-0.05, 0) is 19.1 Å². The van der Waals surface area contributed by atoms with E-state index in [-0.39, 0.29) is 11.9 Å². The zero-order valence-electron chi connectivity index (χ0n) is 12.5. The number of aromatic nitrogens is 2. The van der Waals surface area contributed by atoms with Crippen molar-refractivity contribution in [2.75, 3.05) is 0 Å². The number of guanidine groups is 2. The van der Waals surface area contributed by atoms with Crippen LogP contribution in [0.25, 0.3) is 0 Å². The highest BCUT2D eigenvalue weighted by Gasteiger charge is 2.07. The number of para-hydroxylation sites is 2. The second-order valence-electron chi connectivity index (χ2n) is 4.68. The quantitative estimate of drug-likeness (QED) is 0.560. The minimum atomic E-state index is -0.148. The average molecular weight is 301 g/mol. The van der Waals surface area contributed by atoms with Crippen LogP contribution >= 0.6 is 0 Å². The topological polar surface area (TPSA) is 130 Å². The largest absolute Gasteiger partial charge is 0.487 e. The number of nitrogens with two attached hydrogens (primary N) is 3. The van der Waals surface area contributed by atoms with Crippen LogP contribution in [0.2, 0.25) is 0 Å². The summed E-state index contributed by atoms with van der Waals surface area (Å²) >= 11 is 0. The van der Waals surface area contributed by atoms with E-state index < -0.39 is 0 Å². The first-order chi connectivity index (χ1) is 10.5. The van der Waals surface area contributed by atoms with Gasteiger partial charge in [0, 0.05) is 18.8 Å². The molecule has 22 heavy (non-hydrogen) atoms. The van der Waals surface area contributed by atoms with Crippen LogP contribution in [-0.2, 0) is 13.7 Å².